The van der Waals surface area contributed by atoms with Gasteiger partial charge in [0, 0.05) is 11.7 Å². The van der Waals surface area contributed by atoms with Crippen LogP contribution in [0.2, 0.25) is 0 Å². The van der Waals surface area contributed by atoms with Gasteiger partial charge >= 0.3 is 5.97 Å². The van der Waals surface area contributed by atoms with Gasteiger partial charge < -0.3 is 10.1 Å². The minimum atomic E-state index is -3.78. The van der Waals surface area contributed by atoms with E-state index in [0.29, 0.717) is 5.56 Å². The molecule has 0 aromatic heterocycles. The molecule has 0 aliphatic carbocycles. The third-order valence-electron chi connectivity index (χ3n) is 3.86. The first-order valence-electron chi connectivity index (χ1n) is 8.90. The van der Waals surface area contributed by atoms with Crippen LogP contribution < -0.4 is 10.0 Å². The highest BCUT2D eigenvalue weighted by molar-refractivity contribution is 7.89. The molecule has 7 nitrogen and oxygen atoms in total. The molecular formula is C20H23FN2O5S. The quantitative estimate of drug-likeness (QED) is 0.668. The summed E-state index contributed by atoms with van der Waals surface area (Å²) in [5.41, 5.74) is 0.649. The summed E-state index contributed by atoms with van der Waals surface area (Å²) in [6.07, 6.45) is -1.18. The second-order valence-corrected chi connectivity index (χ2v) is 8.52. The number of aryl methyl sites for hydroxylation is 1. The lowest BCUT2D eigenvalue weighted by molar-refractivity contribution is -0.123. The van der Waals surface area contributed by atoms with Crippen molar-refractivity contribution >= 4 is 27.6 Å². The molecule has 9 heteroatoms. The van der Waals surface area contributed by atoms with Gasteiger partial charge in [-0.15, -0.1) is 0 Å². The van der Waals surface area contributed by atoms with Gasteiger partial charge in [0.25, 0.3) is 5.91 Å². The Labute approximate surface area is 169 Å². The number of ether oxygens (including phenoxy) is 1. The highest BCUT2D eigenvalue weighted by Gasteiger charge is 2.22. The van der Waals surface area contributed by atoms with E-state index in [-0.39, 0.29) is 22.2 Å². The molecule has 156 valence electrons. The predicted molar refractivity (Wildman–Crippen MR) is 107 cm³/mol. The second kappa shape index (κ2) is 9.15. The van der Waals surface area contributed by atoms with Crippen molar-refractivity contribution in [2.24, 2.45) is 0 Å². The van der Waals surface area contributed by atoms with Crippen molar-refractivity contribution in [1.29, 1.82) is 0 Å². The first-order valence-corrected chi connectivity index (χ1v) is 10.4. The summed E-state index contributed by atoms with van der Waals surface area (Å²) in [6.45, 7) is 6.31. The number of anilines is 1. The number of sulfonamides is 1. The van der Waals surface area contributed by atoms with E-state index in [0.717, 1.165) is 6.07 Å². The fraction of sp³-hybridized carbons (Fsp3) is 0.300. The Kier molecular flexibility index (Phi) is 7.10. The van der Waals surface area contributed by atoms with Gasteiger partial charge in [-0.1, -0.05) is 12.1 Å². The van der Waals surface area contributed by atoms with E-state index >= 15 is 0 Å². The topological polar surface area (TPSA) is 102 Å². The minimum Gasteiger partial charge on any atom is -0.449 e. The molecule has 0 heterocycles. The lowest BCUT2D eigenvalue weighted by Crippen LogP contribution is -2.31. The van der Waals surface area contributed by atoms with E-state index in [1.165, 1.54) is 43.3 Å². The zero-order valence-corrected chi connectivity index (χ0v) is 17.3. The van der Waals surface area contributed by atoms with Crippen molar-refractivity contribution in [3.8, 4) is 0 Å². The molecule has 0 radical (unpaired) electrons. The van der Waals surface area contributed by atoms with E-state index in [1.807, 2.05) is 0 Å². The van der Waals surface area contributed by atoms with Crippen LogP contribution in [0.4, 0.5) is 10.1 Å². The molecule has 2 rings (SSSR count). The lowest BCUT2D eigenvalue weighted by Gasteiger charge is -2.14. The van der Waals surface area contributed by atoms with Gasteiger partial charge in [0.05, 0.1) is 10.5 Å². The van der Waals surface area contributed by atoms with Gasteiger partial charge in [-0.3, -0.25) is 4.79 Å². The maximum Gasteiger partial charge on any atom is 0.338 e. The van der Waals surface area contributed by atoms with Gasteiger partial charge in [0.2, 0.25) is 10.0 Å². The number of amides is 1. The van der Waals surface area contributed by atoms with Gasteiger partial charge in [-0.25, -0.2) is 22.3 Å². The molecule has 0 bridgehead atoms. The Hall–Kier alpha value is -2.78. The van der Waals surface area contributed by atoms with Crippen LogP contribution in [0, 0.1) is 12.7 Å². The Balaban J connectivity index is 2.08. The molecule has 2 N–H and O–H groups in total. The molecule has 0 saturated carbocycles. The van der Waals surface area contributed by atoms with Crippen LogP contribution in [0.25, 0.3) is 0 Å². The highest BCUT2D eigenvalue weighted by Crippen LogP contribution is 2.16. The molecule has 0 aliphatic heterocycles. The zero-order chi connectivity index (χ0) is 21.8. The molecule has 0 fully saturated rings. The number of carbonyl (C=O) groups excluding carboxylic acids is 2. The molecule has 1 amide bonds. The van der Waals surface area contributed by atoms with Crippen LogP contribution in [-0.4, -0.2) is 32.4 Å². The average Bonchev–Trinajstić information content (AvgIpc) is 2.63. The molecule has 2 aromatic rings. The van der Waals surface area contributed by atoms with Crippen molar-refractivity contribution in [1.82, 2.24) is 4.72 Å². The van der Waals surface area contributed by atoms with Crippen LogP contribution in [0.3, 0.4) is 0 Å². The SMILES string of the molecule is Cc1ccc(NC(=O)[C@@H](C)OC(=O)c2cccc(S(=O)(=O)NC(C)C)c2)cc1F. The van der Waals surface area contributed by atoms with Gasteiger partial charge in [-0.05, 0) is 63.6 Å². The van der Waals surface area contributed by atoms with Crippen LogP contribution in [0.15, 0.2) is 47.4 Å². The number of benzene rings is 2. The Bertz CT molecular complexity index is 1020. The molecule has 2 aromatic carbocycles. The number of esters is 1. The summed E-state index contributed by atoms with van der Waals surface area (Å²) in [5.74, 6) is -1.98. The van der Waals surface area contributed by atoms with Crippen molar-refractivity contribution in [3.05, 3.63) is 59.4 Å². The third-order valence-corrected chi connectivity index (χ3v) is 5.52. The summed E-state index contributed by atoms with van der Waals surface area (Å²) in [6, 6.07) is 9.21. The molecule has 1 atom stereocenters. The van der Waals surface area contributed by atoms with Gasteiger partial charge in [-0.2, -0.15) is 0 Å². The molecular weight excluding hydrogens is 399 g/mol. The molecule has 0 spiro atoms. The average molecular weight is 422 g/mol. The number of halogens is 1. The maximum atomic E-state index is 13.6. The lowest BCUT2D eigenvalue weighted by atomic mass is 10.2. The zero-order valence-electron chi connectivity index (χ0n) is 16.5. The van der Waals surface area contributed by atoms with E-state index < -0.39 is 33.8 Å². The summed E-state index contributed by atoms with van der Waals surface area (Å²) >= 11 is 0. The van der Waals surface area contributed by atoms with Crippen molar-refractivity contribution in [3.63, 3.8) is 0 Å². The number of rotatable bonds is 7. The van der Waals surface area contributed by atoms with E-state index in [9.17, 15) is 22.4 Å². The van der Waals surface area contributed by atoms with Gasteiger partial charge in [0.1, 0.15) is 5.82 Å². The smallest absolute Gasteiger partial charge is 0.338 e. The molecule has 29 heavy (non-hydrogen) atoms. The van der Waals surface area contributed by atoms with E-state index in [1.54, 1.807) is 20.8 Å². The first-order chi connectivity index (χ1) is 13.5. The second-order valence-electron chi connectivity index (χ2n) is 6.80. The minimum absolute atomic E-state index is 0.0161. The summed E-state index contributed by atoms with van der Waals surface area (Å²) in [5, 5.41) is 2.46. The van der Waals surface area contributed by atoms with Crippen LogP contribution >= 0.6 is 0 Å². The van der Waals surface area contributed by atoms with Crippen molar-refractivity contribution in [2.75, 3.05) is 5.32 Å². The number of nitrogens with one attached hydrogen (secondary N) is 2. The number of hydrogen-bond donors (Lipinski definition) is 2. The summed E-state index contributed by atoms with van der Waals surface area (Å²) in [7, 11) is -3.78. The third kappa shape index (κ3) is 6.10. The maximum absolute atomic E-state index is 13.6. The predicted octanol–water partition coefficient (Wildman–Crippen LogP) is 3.00. The van der Waals surface area contributed by atoms with Crippen molar-refractivity contribution < 1.29 is 27.1 Å². The first kappa shape index (κ1) is 22.5. The molecule has 0 unspecified atom stereocenters. The standard InChI is InChI=1S/C20H23FN2O5S/c1-12(2)23-29(26,27)17-7-5-6-15(10-17)20(25)28-14(4)19(24)22-16-9-8-13(3)18(21)11-16/h5-12,14,23H,1-4H3,(H,22,24)/t14-/m1/s1. The largest absolute Gasteiger partial charge is 0.449 e. The summed E-state index contributed by atoms with van der Waals surface area (Å²) in [4.78, 5) is 24.5. The Morgan fingerprint density at radius 3 is 2.38 bits per heavy atom. The van der Waals surface area contributed by atoms with Crippen LogP contribution in [0.1, 0.15) is 36.7 Å². The Morgan fingerprint density at radius 2 is 1.76 bits per heavy atom. The molecule has 0 aliphatic rings. The molecule has 0 saturated heterocycles. The van der Waals surface area contributed by atoms with Crippen LogP contribution in [0.5, 0.6) is 0 Å². The van der Waals surface area contributed by atoms with E-state index in [4.69, 9.17) is 4.74 Å². The Morgan fingerprint density at radius 1 is 1.07 bits per heavy atom. The highest BCUT2D eigenvalue weighted by atomic mass is 32.2. The number of hydrogen-bond acceptors (Lipinski definition) is 5. The fourth-order valence-electron chi connectivity index (χ4n) is 2.37. The fourth-order valence-corrected chi connectivity index (χ4v) is 3.66. The van der Waals surface area contributed by atoms with E-state index in [2.05, 4.69) is 10.0 Å². The van der Waals surface area contributed by atoms with Crippen molar-refractivity contribution in [2.45, 2.75) is 44.7 Å². The number of carbonyl (C=O) groups is 2. The monoisotopic (exact) mass is 422 g/mol. The van der Waals surface area contributed by atoms with Crippen LogP contribution in [-0.2, 0) is 19.6 Å². The normalized spacial score (nSPS) is 12.5. The van der Waals surface area contributed by atoms with Gasteiger partial charge in [0.15, 0.2) is 6.10 Å². The summed E-state index contributed by atoms with van der Waals surface area (Å²) < 4.78 is 45.6.